The molecule has 26 heavy (non-hydrogen) atoms. The summed E-state index contributed by atoms with van der Waals surface area (Å²) in [5, 5.41) is 11.8. The lowest BCUT2D eigenvalue weighted by atomic mass is 10.0. The Kier molecular flexibility index (Phi) is 5.06. The normalized spacial score (nSPS) is 17.2. The second-order valence-electron chi connectivity index (χ2n) is 6.92. The van der Waals surface area contributed by atoms with Gasteiger partial charge in [-0.1, -0.05) is 26.2 Å². The molecule has 7 heteroatoms. The maximum absolute atomic E-state index is 12.5. The van der Waals surface area contributed by atoms with Gasteiger partial charge in [0.05, 0.1) is 11.1 Å². The highest BCUT2D eigenvalue weighted by Gasteiger charge is 2.36. The molecule has 1 heterocycles. The highest BCUT2D eigenvalue weighted by molar-refractivity contribution is 6.22. The first-order chi connectivity index (χ1) is 12.4. The van der Waals surface area contributed by atoms with E-state index in [-0.39, 0.29) is 22.6 Å². The molecule has 7 nitrogen and oxygen atoms in total. The summed E-state index contributed by atoms with van der Waals surface area (Å²) in [4.78, 5) is 49.7. The van der Waals surface area contributed by atoms with E-state index in [2.05, 4.69) is 5.32 Å². The summed E-state index contributed by atoms with van der Waals surface area (Å²) in [6.45, 7) is 2.33. The van der Waals surface area contributed by atoms with Crippen molar-refractivity contribution in [2.24, 2.45) is 5.92 Å². The molecule has 138 valence electrons. The lowest BCUT2D eigenvalue weighted by molar-refractivity contribution is -0.139. The molecule has 1 saturated carbocycles. The minimum Gasteiger partial charge on any atom is -0.480 e. The van der Waals surface area contributed by atoms with Crippen LogP contribution in [0.4, 0.5) is 0 Å². The number of amides is 3. The zero-order valence-electron chi connectivity index (χ0n) is 14.7. The van der Waals surface area contributed by atoms with Crippen LogP contribution in [0.2, 0.25) is 0 Å². The fourth-order valence-electron chi connectivity index (χ4n) is 3.10. The van der Waals surface area contributed by atoms with E-state index < -0.39 is 23.8 Å². The number of nitrogens with zero attached hydrogens (tertiary/aromatic N) is 1. The van der Waals surface area contributed by atoms with Crippen molar-refractivity contribution in [3.8, 4) is 0 Å². The Balaban J connectivity index is 1.75. The predicted molar refractivity (Wildman–Crippen MR) is 92.9 cm³/mol. The maximum atomic E-state index is 12.5. The van der Waals surface area contributed by atoms with Gasteiger partial charge in [-0.25, -0.2) is 4.79 Å². The van der Waals surface area contributed by atoms with Gasteiger partial charge in [0.1, 0.15) is 6.04 Å². The van der Waals surface area contributed by atoms with Crippen molar-refractivity contribution in [3.05, 3.63) is 34.9 Å². The van der Waals surface area contributed by atoms with Crippen LogP contribution < -0.4 is 5.32 Å². The lowest BCUT2D eigenvalue weighted by Crippen LogP contribution is -2.41. The van der Waals surface area contributed by atoms with Crippen LogP contribution in [0.15, 0.2) is 18.2 Å². The van der Waals surface area contributed by atoms with E-state index in [4.69, 9.17) is 0 Å². The molecule has 0 saturated heterocycles. The summed E-state index contributed by atoms with van der Waals surface area (Å²) in [6, 6.07) is 3.36. The van der Waals surface area contributed by atoms with Crippen molar-refractivity contribution in [2.75, 3.05) is 6.54 Å². The SMILES string of the molecule is CCCCN1C(=O)c2ccc(C(=O)NC(CC3CC3)C(=O)O)cc2C1=O. The quantitative estimate of drug-likeness (QED) is 0.692. The van der Waals surface area contributed by atoms with E-state index in [9.17, 15) is 24.3 Å². The van der Waals surface area contributed by atoms with E-state index in [1.807, 2.05) is 6.92 Å². The van der Waals surface area contributed by atoms with Crippen molar-refractivity contribution in [3.63, 3.8) is 0 Å². The Morgan fingerprint density at radius 2 is 1.92 bits per heavy atom. The third kappa shape index (κ3) is 3.61. The number of carbonyl (C=O) groups is 4. The van der Waals surface area contributed by atoms with Crippen molar-refractivity contribution >= 4 is 23.7 Å². The van der Waals surface area contributed by atoms with Gasteiger partial charge in [-0.3, -0.25) is 19.3 Å². The maximum Gasteiger partial charge on any atom is 0.326 e. The molecule has 0 spiro atoms. The van der Waals surface area contributed by atoms with E-state index in [1.54, 1.807) is 0 Å². The molecule has 0 aromatic heterocycles. The molecule has 1 aliphatic heterocycles. The molecule has 1 aliphatic carbocycles. The lowest BCUT2D eigenvalue weighted by Gasteiger charge is -2.14. The number of imide groups is 1. The number of fused-ring (bicyclic) bond motifs is 1. The van der Waals surface area contributed by atoms with Crippen molar-refractivity contribution in [1.82, 2.24) is 10.2 Å². The highest BCUT2D eigenvalue weighted by Crippen LogP contribution is 2.33. The molecule has 0 radical (unpaired) electrons. The van der Waals surface area contributed by atoms with Gasteiger partial charge < -0.3 is 10.4 Å². The number of benzene rings is 1. The number of rotatable bonds is 8. The minimum absolute atomic E-state index is 0.185. The van der Waals surface area contributed by atoms with E-state index in [0.29, 0.717) is 18.9 Å². The number of unbranched alkanes of at least 4 members (excludes halogenated alkanes) is 1. The Morgan fingerprint density at radius 3 is 2.54 bits per heavy atom. The molecule has 0 bridgehead atoms. The van der Waals surface area contributed by atoms with Crippen molar-refractivity contribution < 1.29 is 24.3 Å². The number of hydrogen-bond acceptors (Lipinski definition) is 4. The van der Waals surface area contributed by atoms with Gasteiger partial charge in [-0.15, -0.1) is 0 Å². The third-order valence-corrected chi connectivity index (χ3v) is 4.84. The van der Waals surface area contributed by atoms with Gasteiger partial charge in [-0.05, 0) is 37.0 Å². The molecule has 3 amide bonds. The molecule has 1 atom stereocenters. The Morgan fingerprint density at radius 1 is 1.23 bits per heavy atom. The molecular formula is C19H22N2O5. The Labute approximate surface area is 151 Å². The average Bonchev–Trinajstić information content (AvgIpc) is 3.40. The first kappa shape index (κ1) is 18.1. The van der Waals surface area contributed by atoms with Crippen LogP contribution in [0, 0.1) is 5.92 Å². The van der Waals surface area contributed by atoms with Crippen molar-refractivity contribution in [2.45, 2.75) is 45.1 Å². The summed E-state index contributed by atoms with van der Waals surface area (Å²) in [6.07, 6.45) is 3.97. The fraction of sp³-hybridized carbons (Fsp3) is 0.474. The number of aliphatic carboxylic acids is 1. The summed E-state index contributed by atoms with van der Waals surface area (Å²) in [5.74, 6) is -2.01. The Bertz CT molecular complexity index is 769. The van der Waals surface area contributed by atoms with Gasteiger partial charge in [0.25, 0.3) is 17.7 Å². The molecule has 2 N–H and O–H groups in total. The monoisotopic (exact) mass is 358 g/mol. The average molecular weight is 358 g/mol. The van der Waals surface area contributed by atoms with Gasteiger partial charge in [0.15, 0.2) is 0 Å². The van der Waals surface area contributed by atoms with Crippen LogP contribution in [0.5, 0.6) is 0 Å². The van der Waals surface area contributed by atoms with Crippen LogP contribution >= 0.6 is 0 Å². The Hall–Kier alpha value is -2.70. The fourth-order valence-corrected chi connectivity index (χ4v) is 3.10. The number of carboxylic acids is 1. The first-order valence-corrected chi connectivity index (χ1v) is 8.96. The minimum atomic E-state index is -1.07. The third-order valence-electron chi connectivity index (χ3n) is 4.84. The number of carboxylic acid groups (broad SMARTS) is 1. The molecule has 3 rings (SSSR count). The van der Waals surface area contributed by atoms with Crippen LogP contribution in [-0.2, 0) is 4.79 Å². The summed E-state index contributed by atoms with van der Waals surface area (Å²) < 4.78 is 0. The molecule has 1 unspecified atom stereocenters. The first-order valence-electron chi connectivity index (χ1n) is 8.96. The highest BCUT2D eigenvalue weighted by atomic mass is 16.4. The number of nitrogens with one attached hydrogen (secondary N) is 1. The molecule has 1 aromatic rings. The standard InChI is InChI=1S/C19H22N2O5/c1-2-3-8-21-17(23)13-7-6-12(10-14(13)18(21)24)16(22)20-15(19(25)26)9-11-4-5-11/h6-7,10-11,15H,2-5,8-9H2,1H3,(H,20,22)(H,25,26). The zero-order chi connectivity index (χ0) is 18.8. The summed E-state index contributed by atoms with van der Waals surface area (Å²) in [7, 11) is 0. The summed E-state index contributed by atoms with van der Waals surface area (Å²) >= 11 is 0. The van der Waals surface area contributed by atoms with Crippen LogP contribution in [0.3, 0.4) is 0 Å². The predicted octanol–water partition coefficient (Wildman–Crippen LogP) is 2.07. The largest absolute Gasteiger partial charge is 0.480 e. The van der Waals surface area contributed by atoms with Crippen LogP contribution in [-0.4, -0.2) is 46.3 Å². The van der Waals surface area contributed by atoms with E-state index >= 15 is 0 Å². The van der Waals surface area contributed by atoms with Gasteiger partial charge >= 0.3 is 5.97 Å². The van der Waals surface area contributed by atoms with Crippen LogP contribution in [0.25, 0.3) is 0 Å². The number of carbonyl (C=O) groups excluding carboxylic acids is 3. The van der Waals surface area contributed by atoms with Crippen LogP contribution in [0.1, 0.15) is 70.1 Å². The molecule has 1 aromatic carbocycles. The second-order valence-corrected chi connectivity index (χ2v) is 6.92. The molecular weight excluding hydrogens is 336 g/mol. The van der Waals surface area contributed by atoms with Gasteiger partial charge in [0, 0.05) is 12.1 Å². The number of hydrogen-bond donors (Lipinski definition) is 2. The van der Waals surface area contributed by atoms with Gasteiger partial charge in [-0.2, -0.15) is 0 Å². The van der Waals surface area contributed by atoms with Crippen molar-refractivity contribution in [1.29, 1.82) is 0 Å². The molecule has 2 aliphatic rings. The summed E-state index contributed by atoms with van der Waals surface area (Å²) in [5.41, 5.74) is 0.674. The van der Waals surface area contributed by atoms with E-state index in [0.717, 1.165) is 25.7 Å². The smallest absolute Gasteiger partial charge is 0.326 e. The van der Waals surface area contributed by atoms with E-state index in [1.165, 1.54) is 23.1 Å². The van der Waals surface area contributed by atoms with Gasteiger partial charge in [0.2, 0.25) is 0 Å². The molecule has 1 fully saturated rings. The zero-order valence-corrected chi connectivity index (χ0v) is 14.7. The topological polar surface area (TPSA) is 104 Å². The second kappa shape index (κ2) is 7.27.